The van der Waals surface area contributed by atoms with Gasteiger partial charge in [-0.05, 0) is 110 Å². The van der Waals surface area contributed by atoms with Crippen molar-refractivity contribution in [2.45, 2.75) is 50.7 Å². The van der Waals surface area contributed by atoms with Crippen LogP contribution in [0.5, 0.6) is 0 Å². The first-order chi connectivity index (χ1) is 18.1. The van der Waals surface area contributed by atoms with Crippen LogP contribution >= 0.6 is 11.6 Å². The molecule has 0 fully saturated rings. The first-order valence-electron chi connectivity index (χ1n) is 13.0. The van der Waals surface area contributed by atoms with Crippen LogP contribution in [0.25, 0.3) is 10.9 Å². The second-order valence-electron chi connectivity index (χ2n) is 9.77. The lowest BCUT2D eigenvalue weighted by Crippen LogP contribution is -2.29. The van der Waals surface area contributed by atoms with E-state index >= 15 is 0 Å². The Kier molecular flexibility index (Phi) is 7.90. The molecule has 1 atom stereocenters. The molecule has 1 aliphatic rings. The van der Waals surface area contributed by atoms with Crippen molar-refractivity contribution in [1.82, 2.24) is 10.3 Å². The highest BCUT2D eigenvalue weighted by Crippen LogP contribution is 2.45. The van der Waals surface area contributed by atoms with Crippen molar-refractivity contribution in [1.29, 1.82) is 5.26 Å². The number of nitrogens with zero attached hydrogens (tertiary/aromatic N) is 1. The number of unbranched alkanes of at least 4 members (excludes halogenated alkanes) is 2. The van der Waals surface area contributed by atoms with Crippen molar-refractivity contribution >= 4 is 22.5 Å². The summed E-state index contributed by atoms with van der Waals surface area (Å²) in [5, 5.41) is 14.9. The number of nitriles is 1. The van der Waals surface area contributed by atoms with Crippen LogP contribution in [0.3, 0.4) is 0 Å². The maximum Gasteiger partial charge on any atom is 0.123 e. The monoisotopic (exact) mass is 515 g/mol. The molecule has 6 heteroatoms. The van der Waals surface area contributed by atoms with Crippen LogP contribution < -0.4 is 5.32 Å². The fourth-order valence-electron chi connectivity index (χ4n) is 5.45. The number of aryl methyl sites for hydroxylation is 1. The van der Waals surface area contributed by atoms with Gasteiger partial charge in [-0.25, -0.2) is 4.39 Å². The van der Waals surface area contributed by atoms with Gasteiger partial charge in [0.15, 0.2) is 0 Å². The molecule has 2 N–H and O–H groups in total. The highest BCUT2D eigenvalue weighted by Gasteiger charge is 2.41. The Balaban J connectivity index is 1.10. The van der Waals surface area contributed by atoms with Gasteiger partial charge in [-0.3, -0.25) is 0 Å². The van der Waals surface area contributed by atoms with Gasteiger partial charge in [0.1, 0.15) is 11.4 Å². The summed E-state index contributed by atoms with van der Waals surface area (Å²) in [6, 6.07) is 20.6. The second-order valence-corrected chi connectivity index (χ2v) is 10.2. The van der Waals surface area contributed by atoms with Gasteiger partial charge in [0, 0.05) is 22.1 Å². The molecule has 5 rings (SSSR count). The van der Waals surface area contributed by atoms with E-state index in [2.05, 4.69) is 22.6 Å². The lowest BCUT2D eigenvalue weighted by atomic mass is 9.81. The Labute approximate surface area is 222 Å². The third-order valence-electron chi connectivity index (χ3n) is 7.37. The molecule has 0 saturated carbocycles. The van der Waals surface area contributed by atoms with Crippen molar-refractivity contribution < 1.29 is 9.13 Å². The number of halogens is 2. The average molecular weight is 516 g/mol. The van der Waals surface area contributed by atoms with Gasteiger partial charge in [-0.1, -0.05) is 36.2 Å². The summed E-state index contributed by atoms with van der Waals surface area (Å²) < 4.78 is 20.0. The molecule has 0 bridgehead atoms. The van der Waals surface area contributed by atoms with Crippen molar-refractivity contribution in [2.75, 3.05) is 13.1 Å². The molecule has 37 heavy (non-hydrogen) atoms. The van der Waals surface area contributed by atoms with E-state index in [0.717, 1.165) is 78.8 Å². The van der Waals surface area contributed by atoms with E-state index in [1.807, 2.05) is 48.5 Å². The predicted octanol–water partition coefficient (Wildman–Crippen LogP) is 7.39. The SMILES string of the molecule is N#Cc1ccc2c(c1)COC2(CCCNCCCCCc1c[nH]c2ccc(Cl)cc12)c1ccc(F)cc1. The maximum absolute atomic E-state index is 13.6. The summed E-state index contributed by atoms with van der Waals surface area (Å²) in [6.07, 6.45) is 8.29. The molecule has 4 aromatic rings. The molecule has 1 aromatic heterocycles. The first-order valence-corrected chi connectivity index (χ1v) is 13.4. The Morgan fingerprint density at radius 2 is 1.84 bits per heavy atom. The zero-order valence-corrected chi connectivity index (χ0v) is 21.6. The van der Waals surface area contributed by atoms with Crippen molar-refractivity contribution in [3.8, 4) is 6.07 Å². The smallest absolute Gasteiger partial charge is 0.123 e. The van der Waals surface area contributed by atoms with E-state index in [1.54, 1.807) is 0 Å². The lowest BCUT2D eigenvalue weighted by Gasteiger charge is -2.30. The number of hydrogen-bond donors (Lipinski definition) is 2. The minimum Gasteiger partial charge on any atom is -0.361 e. The molecule has 0 saturated heterocycles. The first kappa shape index (κ1) is 25.5. The van der Waals surface area contributed by atoms with Gasteiger partial charge < -0.3 is 15.0 Å². The van der Waals surface area contributed by atoms with Crippen LogP contribution in [-0.2, 0) is 23.4 Å². The fourth-order valence-corrected chi connectivity index (χ4v) is 5.62. The van der Waals surface area contributed by atoms with Gasteiger partial charge in [0.05, 0.1) is 18.2 Å². The Morgan fingerprint density at radius 3 is 2.68 bits per heavy atom. The third-order valence-corrected chi connectivity index (χ3v) is 7.60. The van der Waals surface area contributed by atoms with Crippen LogP contribution in [0.15, 0.2) is 66.9 Å². The van der Waals surface area contributed by atoms with Crippen LogP contribution in [0.4, 0.5) is 4.39 Å². The molecule has 0 amide bonds. The largest absolute Gasteiger partial charge is 0.361 e. The van der Waals surface area contributed by atoms with Crippen LogP contribution in [0, 0.1) is 17.1 Å². The van der Waals surface area contributed by atoms with Crippen LogP contribution in [0.2, 0.25) is 5.02 Å². The molecular weight excluding hydrogens is 485 g/mol. The number of aromatic nitrogens is 1. The van der Waals surface area contributed by atoms with Crippen LogP contribution in [0.1, 0.15) is 59.9 Å². The minimum absolute atomic E-state index is 0.257. The topological polar surface area (TPSA) is 60.8 Å². The molecule has 0 radical (unpaired) electrons. The van der Waals surface area contributed by atoms with Crippen molar-refractivity contribution in [2.24, 2.45) is 0 Å². The fraction of sp³-hybridized carbons (Fsp3) is 0.323. The molecule has 190 valence electrons. The van der Waals surface area contributed by atoms with Gasteiger partial charge in [-0.2, -0.15) is 5.26 Å². The van der Waals surface area contributed by atoms with Crippen LogP contribution in [-0.4, -0.2) is 18.1 Å². The number of ether oxygens (including phenoxy) is 1. The van der Waals surface area contributed by atoms with Crippen molar-refractivity contribution in [3.63, 3.8) is 0 Å². The second kappa shape index (κ2) is 11.5. The summed E-state index contributed by atoms with van der Waals surface area (Å²) in [5.41, 5.74) is 5.56. The van der Waals surface area contributed by atoms with E-state index in [4.69, 9.17) is 16.3 Å². The molecular formula is C31H31ClFN3O. The van der Waals surface area contributed by atoms with E-state index in [9.17, 15) is 9.65 Å². The average Bonchev–Trinajstić information content (AvgIpc) is 3.49. The Morgan fingerprint density at radius 1 is 1.00 bits per heavy atom. The summed E-state index contributed by atoms with van der Waals surface area (Å²) in [7, 11) is 0. The van der Waals surface area contributed by atoms with Gasteiger partial charge in [0.25, 0.3) is 0 Å². The standard InChI is InChI=1S/C31H31ClFN3O/c32-26-9-13-30-28(18-26)23(20-36-30)5-2-1-3-15-35-16-4-14-31(25-7-10-27(33)11-8-25)29-12-6-22(19-34)17-24(29)21-37-31/h6-13,17-18,20,35-36H,1-5,14-16,21H2. The lowest BCUT2D eigenvalue weighted by molar-refractivity contribution is -0.0129. The van der Waals surface area contributed by atoms with E-state index in [0.29, 0.717) is 12.2 Å². The predicted molar refractivity (Wildman–Crippen MR) is 146 cm³/mol. The molecule has 0 spiro atoms. The molecule has 2 heterocycles. The molecule has 1 unspecified atom stereocenters. The number of nitrogens with one attached hydrogen (secondary N) is 2. The van der Waals surface area contributed by atoms with E-state index < -0.39 is 5.60 Å². The van der Waals surface area contributed by atoms with Gasteiger partial charge in [0.2, 0.25) is 0 Å². The zero-order chi connectivity index (χ0) is 25.7. The number of fused-ring (bicyclic) bond motifs is 2. The van der Waals surface area contributed by atoms with Gasteiger partial charge in [-0.15, -0.1) is 0 Å². The highest BCUT2D eigenvalue weighted by atomic mass is 35.5. The summed E-state index contributed by atoms with van der Waals surface area (Å²) in [4.78, 5) is 3.33. The number of H-pyrrole nitrogens is 1. The Bertz CT molecular complexity index is 1410. The molecule has 3 aromatic carbocycles. The number of hydrogen-bond acceptors (Lipinski definition) is 3. The highest BCUT2D eigenvalue weighted by molar-refractivity contribution is 6.31. The van der Waals surface area contributed by atoms with E-state index in [-0.39, 0.29) is 5.82 Å². The third kappa shape index (κ3) is 5.57. The molecule has 0 aliphatic carbocycles. The number of rotatable bonds is 11. The van der Waals surface area contributed by atoms with Crippen molar-refractivity contribution in [3.05, 3.63) is 106 Å². The number of aromatic amines is 1. The van der Waals surface area contributed by atoms with Gasteiger partial charge >= 0.3 is 0 Å². The normalized spacial score (nSPS) is 16.7. The Hall–Kier alpha value is -3.17. The quantitative estimate of drug-likeness (QED) is 0.205. The summed E-state index contributed by atoms with van der Waals surface area (Å²) in [6.45, 7) is 2.32. The maximum atomic E-state index is 13.6. The number of benzene rings is 3. The zero-order valence-electron chi connectivity index (χ0n) is 20.8. The minimum atomic E-state index is -0.610. The molecule has 1 aliphatic heterocycles. The van der Waals surface area contributed by atoms with E-state index in [1.165, 1.54) is 23.1 Å². The summed E-state index contributed by atoms with van der Waals surface area (Å²) >= 11 is 6.16. The molecule has 4 nitrogen and oxygen atoms in total. The summed E-state index contributed by atoms with van der Waals surface area (Å²) in [5.74, 6) is -0.257.